The summed E-state index contributed by atoms with van der Waals surface area (Å²) in [4.78, 5) is 15.2. The van der Waals surface area contributed by atoms with Crippen molar-refractivity contribution >= 4 is 22.4 Å². The van der Waals surface area contributed by atoms with Crippen molar-refractivity contribution in [1.29, 1.82) is 0 Å². The molecule has 1 amide bonds. The maximum Gasteiger partial charge on any atom is 0.247 e. The van der Waals surface area contributed by atoms with Crippen LogP contribution >= 0.6 is 0 Å². The number of nitrogens with zero attached hydrogens (tertiary/aromatic N) is 1. The molecule has 0 fully saturated rings. The van der Waals surface area contributed by atoms with Gasteiger partial charge < -0.3 is 5.32 Å². The Balaban J connectivity index is 2.51. The van der Waals surface area contributed by atoms with E-state index in [9.17, 15) is 4.79 Å². The summed E-state index contributed by atoms with van der Waals surface area (Å²) >= 11 is 0. The molecule has 1 heterocycles. The molecule has 0 saturated heterocycles. The van der Waals surface area contributed by atoms with Gasteiger partial charge in [-0.05, 0) is 18.2 Å². The first-order valence-electron chi connectivity index (χ1n) is 4.57. The van der Waals surface area contributed by atoms with Crippen molar-refractivity contribution in [2.45, 2.75) is 0 Å². The fraction of sp³-hybridized carbons (Fsp3) is 0. The largest absolute Gasteiger partial charge is 0.322 e. The molecule has 0 bridgehead atoms. The van der Waals surface area contributed by atoms with Crippen molar-refractivity contribution in [3.63, 3.8) is 0 Å². The van der Waals surface area contributed by atoms with E-state index >= 15 is 0 Å². The third kappa shape index (κ3) is 1.86. The van der Waals surface area contributed by atoms with Crippen molar-refractivity contribution < 1.29 is 4.79 Å². The number of amides is 1. The van der Waals surface area contributed by atoms with E-state index in [1.807, 2.05) is 24.3 Å². The lowest BCUT2D eigenvalue weighted by molar-refractivity contribution is -0.111. The summed E-state index contributed by atoms with van der Waals surface area (Å²) in [5.41, 5.74) is 0.778. The maximum absolute atomic E-state index is 11.2. The summed E-state index contributed by atoms with van der Waals surface area (Å²) in [7, 11) is 0. The second-order valence-electron chi connectivity index (χ2n) is 3.10. The Kier molecular flexibility index (Phi) is 2.46. The first kappa shape index (κ1) is 9.40. The molecule has 3 nitrogen and oxygen atoms in total. The van der Waals surface area contributed by atoms with Crippen LogP contribution in [0.2, 0.25) is 0 Å². The van der Waals surface area contributed by atoms with E-state index in [2.05, 4.69) is 16.9 Å². The zero-order valence-corrected chi connectivity index (χ0v) is 8.10. The Labute approximate surface area is 87.4 Å². The predicted octanol–water partition coefficient (Wildman–Crippen LogP) is 2.36. The minimum Gasteiger partial charge on any atom is -0.322 e. The molecular weight excluding hydrogens is 188 g/mol. The first-order chi connectivity index (χ1) is 7.31. The molecule has 0 radical (unpaired) electrons. The van der Waals surface area contributed by atoms with Gasteiger partial charge in [-0.1, -0.05) is 18.7 Å². The maximum atomic E-state index is 11.2. The van der Waals surface area contributed by atoms with E-state index in [1.54, 1.807) is 12.4 Å². The molecule has 1 aromatic carbocycles. The summed E-state index contributed by atoms with van der Waals surface area (Å²) in [6.45, 7) is 3.41. The minimum atomic E-state index is -0.209. The number of hydrogen-bond donors (Lipinski definition) is 1. The third-order valence-electron chi connectivity index (χ3n) is 2.12. The van der Waals surface area contributed by atoms with Crippen LogP contribution in [0.5, 0.6) is 0 Å². The quantitative estimate of drug-likeness (QED) is 0.752. The Morgan fingerprint density at radius 3 is 3.07 bits per heavy atom. The molecule has 0 atom stereocenters. The molecule has 1 N–H and O–H groups in total. The fourth-order valence-electron chi connectivity index (χ4n) is 1.42. The third-order valence-corrected chi connectivity index (χ3v) is 2.12. The molecule has 2 rings (SSSR count). The molecule has 0 saturated carbocycles. The zero-order valence-electron chi connectivity index (χ0n) is 8.10. The number of nitrogens with one attached hydrogen (secondary N) is 1. The SMILES string of the molecule is C=CC(=O)Nc1cccc2cnccc12. The first-order valence-corrected chi connectivity index (χ1v) is 4.57. The second kappa shape index (κ2) is 3.92. The van der Waals surface area contributed by atoms with Crippen molar-refractivity contribution in [3.05, 3.63) is 49.3 Å². The molecule has 74 valence electrons. The number of carbonyl (C=O) groups excluding carboxylic acids is 1. The molecular formula is C12H10N2O. The minimum absolute atomic E-state index is 0.209. The van der Waals surface area contributed by atoms with Crippen LogP contribution in [0, 0.1) is 0 Å². The van der Waals surface area contributed by atoms with Crippen LogP contribution in [0.1, 0.15) is 0 Å². The highest BCUT2D eigenvalue weighted by molar-refractivity contribution is 6.05. The van der Waals surface area contributed by atoms with Crippen LogP contribution in [0.3, 0.4) is 0 Å². The van der Waals surface area contributed by atoms with Gasteiger partial charge in [-0.3, -0.25) is 9.78 Å². The fourth-order valence-corrected chi connectivity index (χ4v) is 1.42. The van der Waals surface area contributed by atoms with Gasteiger partial charge in [0.15, 0.2) is 0 Å². The number of benzene rings is 1. The lowest BCUT2D eigenvalue weighted by atomic mass is 10.1. The van der Waals surface area contributed by atoms with Gasteiger partial charge in [-0.2, -0.15) is 0 Å². The van der Waals surface area contributed by atoms with Crippen molar-refractivity contribution in [2.75, 3.05) is 5.32 Å². The van der Waals surface area contributed by atoms with Gasteiger partial charge in [-0.25, -0.2) is 0 Å². The van der Waals surface area contributed by atoms with E-state index in [-0.39, 0.29) is 5.91 Å². The number of aromatic nitrogens is 1. The Hall–Kier alpha value is -2.16. The molecule has 3 heteroatoms. The molecule has 1 aromatic heterocycles. The standard InChI is InChI=1S/C12H10N2O/c1-2-12(15)14-11-5-3-4-9-8-13-7-6-10(9)11/h2-8H,1H2,(H,14,15). The van der Waals surface area contributed by atoms with Gasteiger partial charge in [0, 0.05) is 28.9 Å². The lowest BCUT2D eigenvalue weighted by Crippen LogP contribution is -2.07. The number of carbonyl (C=O) groups is 1. The predicted molar refractivity (Wildman–Crippen MR) is 60.6 cm³/mol. The number of rotatable bonds is 2. The van der Waals surface area contributed by atoms with E-state index in [0.29, 0.717) is 0 Å². The monoisotopic (exact) mass is 198 g/mol. The van der Waals surface area contributed by atoms with Gasteiger partial charge in [0.2, 0.25) is 5.91 Å². The van der Waals surface area contributed by atoms with Gasteiger partial charge in [-0.15, -0.1) is 0 Å². The average Bonchev–Trinajstić information content (AvgIpc) is 2.29. The Bertz CT molecular complexity index is 515. The van der Waals surface area contributed by atoms with E-state index < -0.39 is 0 Å². The summed E-state index contributed by atoms with van der Waals surface area (Å²) in [6.07, 6.45) is 4.71. The summed E-state index contributed by atoms with van der Waals surface area (Å²) in [5.74, 6) is -0.209. The summed E-state index contributed by atoms with van der Waals surface area (Å²) < 4.78 is 0. The molecule has 0 aliphatic rings. The summed E-state index contributed by atoms with van der Waals surface area (Å²) in [6, 6.07) is 7.55. The number of pyridine rings is 1. The van der Waals surface area contributed by atoms with E-state index in [1.165, 1.54) is 6.08 Å². The number of anilines is 1. The molecule has 0 aliphatic heterocycles. The molecule has 0 unspecified atom stereocenters. The van der Waals surface area contributed by atoms with Crippen LogP contribution in [0.25, 0.3) is 10.8 Å². The highest BCUT2D eigenvalue weighted by atomic mass is 16.1. The van der Waals surface area contributed by atoms with Crippen LogP contribution in [0.4, 0.5) is 5.69 Å². The molecule has 15 heavy (non-hydrogen) atoms. The van der Waals surface area contributed by atoms with Crippen LogP contribution in [0.15, 0.2) is 49.3 Å². The highest BCUT2D eigenvalue weighted by Crippen LogP contribution is 2.21. The lowest BCUT2D eigenvalue weighted by Gasteiger charge is -2.05. The Morgan fingerprint density at radius 2 is 2.27 bits per heavy atom. The normalized spacial score (nSPS) is 9.87. The van der Waals surface area contributed by atoms with Gasteiger partial charge in [0.1, 0.15) is 0 Å². The van der Waals surface area contributed by atoms with Crippen LogP contribution < -0.4 is 5.32 Å². The number of fused-ring (bicyclic) bond motifs is 1. The van der Waals surface area contributed by atoms with Crippen LogP contribution in [-0.4, -0.2) is 10.9 Å². The Morgan fingerprint density at radius 1 is 1.40 bits per heavy atom. The molecule has 2 aromatic rings. The van der Waals surface area contributed by atoms with Gasteiger partial charge in [0.05, 0.1) is 0 Å². The van der Waals surface area contributed by atoms with Crippen molar-refractivity contribution in [2.24, 2.45) is 0 Å². The van der Waals surface area contributed by atoms with E-state index in [0.717, 1.165) is 16.5 Å². The smallest absolute Gasteiger partial charge is 0.247 e. The average molecular weight is 198 g/mol. The molecule has 0 aliphatic carbocycles. The highest BCUT2D eigenvalue weighted by Gasteiger charge is 2.01. The number of hydrogen-bond acceptors (Lipinski definition) is 2. The van der Waals surface area contributed by atoms with E-state index in [4.69, 9.17) is 0 Å². The van der Waals surface area contributed by atoms with Gasteiger partial charge >= 0.3 is 0 Å². The van der Waals surface area contributed by atoms with Gasteiger partial charge in [0.25, 0.3) is 0 Å². The van der Waals surface area contributed by atoms with Crippen molar-refractivity contribution in [1.82, 2.24) is 4.98 Å². The van der Waals surface area contributed by atoms with Crippen LogP contribution in [-0.2, 0) is 4.79 Å². The molecule has 0 spiro atoms. The zero-order chi connectivity index (χ0) is 10.7. The topological polar surface area (TPSA) is 42.0 Å². The second-order valence-corrected chi connectivity index (χ2v) is 3.10. The van der Waals surface area contributed by atoms with Crippen molar-refractivity contribution in [3.8, 4) is 0 Å². The summed E-state index contributed by atoms with van der Waals surface area (Å²) in [5, 5.41) is 4.72.